The van der Waals surface area contributed by atoms with E-state index in [2.05, 4.69) is 19.6 Å². The van der Waals surface area contributed by atoms with E-state index < -0.39 is 10.0 Å². The lowest BCUT2D eigenvalue weighted by Gasteiger charge is -2.38. The molecule has 2 saturated heterocycles. The monoisotopic (exact) mass is 457 g/mol. The number of hydrogen-bond donors (Lipinski definition) is 1. The minimum absolute atomic E-state index is 0.0736. The van der Waals surface area contributed by atoms with Crippen LogP contribution in [-0.2, 0) is 14.8 Å². The second kappa shape index (κ2) is 9.95. The number of hydrogen-bond acceptors (Lipinski definition) is 6. The Kier molecular flexibility index (Phi) is 7.05. The van der Waals surface area contributed by atoms with E-state index in [-0.39, 0.29) is 22.6 Å². The second-order valence-electron chi connectivity index (χ2n) is 8.79. The molecule has 9 heteroatoms. The third-order valence-electron chi connectivity index (χ3n) is 6.33. The first kappa shape index (κ1) is 22.7. The fourth-order valence-corrected chi connectivity index (χ4v) is 5.65. The van der Waals surface area contributed by atoms with Gasteiger partial charge in [-0.3, -0.25) is 4.79 Å². The number of likely N-dealkylation sites (tertiary alicyclic amines) is 1. The van der Waals surface area contributed by atoms with Crippen LogP contribution >= 0.6 is 0 Å². The molecule has 32 heavy (non-hydrogen) atoms. The number of piperidine rings is 2. The summed E-state index contributed by atoms with van der Waals surface area (Å²) in [6.45, 7) is 5.08. The lowest BCUT2D eigenvalue weighted by Crippen LogP contribution is -2.49. The molecule has 2 atom stereocenters. The number of aryl methyl sites for hydroxylation is 1. The van der Waals surface area contributed by atoms with Gasteiger partial charge in [0.2, 0.25) is 21.9 Å². The number of nitrogens with one attached hydrogen (secondary N) is 1. The van der Waals surface area contributed by atoms with Gasteiger partial charge in [0.25, 0.3) is 0 Å². The zero-order valence-electron chi connectivity index (χ0n) is 18.5. The summed E-state index contributed by atoms with van der Waals surface area (Å²) in [6.07, 6.45) is 7.04. The van der Waals surface area contributed by atoms with Gasteiger partial charge in [-0.1, -0.05) is 17.7 Å². The fraction of sp³-hybridized carbons (Fsp3) is 0.522. The van der Waals surface area contributed by atoms with E-state index in [0.29, 0.717) is 25.6 Å². The Balaban J connectivity index is 1.33. The summed E-state index contributed by atoms with van der Waals surface area (Å²) in [5, 5.41) is 0. The maximum Gasteiger partial charge on any atom is 0.240 e. The topological polar surface area (TPSA) is 95.5 Å². The van der Waals surface area contributed by atoms with Crippen LogP contribution in [0.2, 0.25) is 0 Å². The van der Waals surface area contributed by atoms with E-state index in [1.807, 2.05) is 11.8 Å². The second-order valence-corrected chi connectivity index (χ2v) is 10.6. The van der Waals surface area contributed by atoms with Crippen molar-refractivity contribution in [2.75, 3.05) is 37.6 Å². The van der Waals surface area contributed by atoms with Gasteiger partial charge in [0.05, 0.1) is 10.8 Å². The Hall–Kier alpha value is -2.52. The van der Waals surface area contributed by atoms with Gasteiger partial charge in [0.15, 0.2) is 0 Å². The summed E-state index contributed by atoms with van der Waals surface area (Å²) < 4.78 is 28.0. The quantitative estimate of drug-likeness (QED) is 0.715. The van der Waals surface area contributed by atoms with Crippen LogP contribution < -0.4 is 9.62 Å². The minimum atomic E-state index is -3.55. The zero-order valence-corrected chi connectivity index (χ0v) is 19.3. The summed E-state index contributed by atoms with van der Waals surface area (Å²) >= 11 is 0. The number of anilines is 1. The van der Waals surface area contributed by atoms with Crippen molar-refractivity contribution < 1.29 is 13.2 Å². The number of carbonyl (C=O) groups is 1. The average molecular weight is 458 g/mol. The largest absolute Gasteiger partial charge is 0.342 e. The van der Waals surface area contributed by atoms with Crippen LogP contribution in [0.4, 0.5) is 5.95 Å². The highest BCUT2D eigenvalue weighted by atomic mass is 32.2. The number of amides is 1. The summed E-state index contributed by atoms with van der Waals surface area (Å²) in [7, 11) is -3.55. The van der Waals surface area contributed by atoms with Crippen LogP contribution in [0.25, 0.3) is 0 Å². The molecule has 4 rings (SSSR count). The molecule has 0 spiro atoms. The predicted octanol–water partition coefficient (Wildman–Crippen LogP) is 2.22. The molecular weight excluding hydrogens is 426 g/mol. The van der Waals surface area contributed by atoms with Crippen molar-refractivity contribution in [2.24, 2.45) is 11.8 Å². The highest BCUT2D eigenvalue weighted by molar-refractivity contribution is 7.89. The van der Waals surface area contributed by atoms with Crippen molar-refractivity contribution in [3.8, 4) is 0 Å². The highest BCUT2D eigenvalue weighted by Gasteiger charge is 2.33. The van der Waals surface area contributed by atoms with Crippen molar-refractivity contribution in [2.45, 2.75) is 37.5 Å². The van der Waals surface area contributed by atoms with Crippen LogP contribution in [0.15, 0.2) is 47.6 Å². The number of rotatable bonds is 6. The van der Waals surface area contributed by atoms with Crippen LogP contribution in [0.1, 0.15) is 31.2 Å². The molecular formula is C23H31N5O3S. The van der Waals surface area contributed by atoms with E-state index in [1.54, 1.807) is 42.7 Å². The molecule has 1 aromatic carbocycles. The maximum atomic E-state index is 13.2. The first-order chi connectivity index (χ1) is 15.4. The van der Waals surface area contributed by atoms with Gasteiger partial charge >= 0.3 is 0 Å². The Morgan fingerprint density at radius 1 is 1.06 bits per heavy atom. The molecule has 0 bridgehead atoms. The summed E-state index contributed by atoms with van der Waals surface area (Å²) in [5.41, 5.74) is 1.02. The van der Waals surface area contributed by atoms with Crippen molar-refractivity contribution in [1.82, 2.24) is 19.6 Å². The number of nitrogens with zero attached hydrogens (tertiary/aromatic N) is 4. The van der Waals surface area contributed by atoms with Crippen LogP contribution in [0, 0.1) is 18.8 Å². The van der Waals surface area contributed by atoms with E-state index >= 15 is 0 Å². The van der Waals surface area contributed by atoms with Crippen molar-refractivity contribution in [1.29, 1.82) is 0 Å². The van der Waals surface area contributed by atoms with Gasteiger partial charge < -0.3 is 9.80 Å². The third-order valence-corrected chi connectivity index (χ3v) is 7.77. The predicted molar refractivity (Wildman–Crippen MR) is 123 cm³/mol. The molecule has 3 heterocycles. The Labute approximate surface area is 190 Å². The number of sulfonamides is 1. The molecule has 0 aliphatic carbocycles. The van der Waals surface area contributed by atoms with E-state index in [0.717, 1.165) is 44.3 Å². The third kappa shape index (κ3) is 5.45. The van der Waals surface area contributed by atoms with Crippen molar-refractivity contribution >= 4 is 21.9 Å². The van der Waals surface area contributed by atoms with E-state index in [4.69, 9.17) is 0 Å². The lowest BCUT2D eigenvalue weighted by atomic mass is 9.93. The molecule has 1 amide bonds. The number of aromatic nitrogens is 2. The normalized spacial score (nSPS) is 22.0. The Morgan fingerprint density at radius 3 is 2.53 bits per heavy atom. The average Bonchev–Trinajstić information content (AvgIpc) is 2.83. The molecule has 1 N–H and O–H groups in total. The summed E-state index contributed by atoms with van der Waals surface area (Å²) in [4.78, 5) is 26.2. The van der Waals surface area contributed by atoms with Crippen LogP contribution in [0.3, 0.4) is 0 Å². The van der Waals surface area contributed by atoms with Gasteiger partial charge in [-0.2, -0.15) is 0 Å². The van der Waals surface area contributed by atoms with Crippen molar-refractivity contribution in [3.05, 3.63) is 48.3 Å². The molecule has 2 unspecified atom stereocenters. The summed E-state index contributed by atoms with van der Waals surface area (Å²) in [6, 6.07) is 8.63. The number of carbonyl (C=O) groups excluding carboxylic acids is 1. The zero-order chi connectivity index (χ0) is 22.6. The lowest BCUT2D eigenvalue weighted by molar-refractivity contribution is -0.137. The van der Waals surface area contributed by atoms with Gasteiger partial charge in [-0.05, 0) is 56.7 Å². The first-order valence-corrected chi connectivity index (χ1v) is 12.8. The Bertz CT molecular complexity index is 1010. The van der Waals surface area contributed by atoms with E-state index in [9.17, 15) is 13.2 Å². The molecule has 2 aliphatic heterocycles. The smallest absolute Gasteiger partial charge is 0.240 e. The number of benzene rings is 1. The molecule has 1 aromatic heterocycles. The Morgan fingerprint density at radius 2 is 1.78 bits per heavy atom. The van der Waals surface area contributed by atoms with Gasteiger partial charge in [0.1, 0.15) is 0 Å². The molecule has 2 fully saturated rings. The standard InChI is InChI=1S/C23H31N5O3S/c1-18-7-9-21(10-8-18)32(30,31)26-15-19-5-2-13-27(16-19)22(29)20-6-3-14-28(17-20)23-24-11-4-12-25-23/h4,7-12,19-20,26H,2-3,5-6,13-17H2,1H3. The minimum Gasteiger partial charge on any atom is -0.342 e. The molecule has 8 nitrogen and oxygen atoms in total. The van der Waals surface area contributed by atoms with Gasteiger partial charge in [-0.15, -0.1) is 0 Å². The SMILES string of the molecule is Cc1ccc(S(=O)(=O)NCC2CCCN(C(=O)C3CCCN(c4ncccn4)C3)C2)cc1. The molecule has 2 aliphatic rings. The molecule has 0 saturated carbocycles. The maximum absolute atomic E-state index is 13.2. The van der Waals surface area contributed by atoms with E-state index in [1.165, 1.54) is 0 Å². The molecule has 172 valence electrons. The molecule has 2 aromatic rings. The van der Waals surface area contributed by atoms with Gasteiger partial charge in [0, 0.05) is 45.1 Å². The van der Waals surface area contributed by atoms with Crippen LogP contribution in [0.5, 0.6) is 0 Å². The highest BCUT2D eigenvalue weighted by Crippen LogP contribution is 2.25. The van der Waals surface area contributed by atoms with Crippen LogP contribution in [-0.4, -0.2) is 61.9 Å². The molecule has 0 radical (unpaired) electrons. The fourth-order valence-electron chi connectivity index (χ4n) is 4.53. The van der Waals surface area contributed by atoms with Crippen molar-refractivity contribution in [3.63, 3.8) is 0 Å². The van der Waals surface area contributed by atoms with Gasteiger partial charge in [-0.25, -0.2) is 23.1 Å². The first-order valence-electron chi connectivity index (χ1n) is 11.3. The summed E-state index contributed by atoms with van der Waals surface area (Å²) in [5.74, 6) is 0.879.